The van der Waals surface area contributed by atoms with E-state index in [9.17, 15) is 4.79 Å². The molecule has 0 aliphatic carbocycles. The minimum atomic E-state index is -0.612. The Hall–Kier alpha value is -3.03. The van der Waals surface area contributed by atoms with Crippen LogP contribution in [0.3, 0.4) is 0 Å². The first-order valence-electron chi connectivity index (χ1n) is 11.1. The van der Waals surface area contributed by atoms with Gasteiger partial charge < -0.3 is 14.2 Å². The molecule has 0 atom stereocenters. The van der Waals surface area contributed by atoms with Gasteiger partial charge in [-0.15, -0.1) is 0 Å². The number of piperidine rings is 1. The van der Waals surface area contributed by atoms with Gasteiger partial charge in [-0.25, -0.2) is 18.7 Å². The second-order valence-electron chi connectivity index (χ2n) is 8.50. The van der Waals surface area contributed by atoms with E-state index in [1.807, 2.05) is 30.7 Å². The van der Waals surface area contributed by atoms with Crippen LogP contribution in [0.15, 0.2) is 30.7 Å². The molecule has 1 saturated heterocycles. The van der Waals surface area contributed by atoms with Crippen LogP contribution >= 0.6 is 0 Å². The molecule has 1 aliphatic rings. The van der Waals surface area contributed by atoms with Crippen molar-refractivity contribution in [1.29, 1.82) is 0 Å². The van der Waals surface area contributed by atoms with Crippen molar-refractivity contribution in [2.24, 2.45) is 5.92 Å². The van der Waals surface area contributed by atoms with E-state index in [1.165, 1.54) is 18.5 Å². The Morgan fingerprint density at radius 1 is 1.19 bits per heavy atom. The molecular weight excluding hydrogens is 414 g/mol. The fourth-order valence-electron chi connectivity index (χ4n) is 4.44. The molecule has 0 amide bonds. The molecule has 2 aromatic heterocycles. The maximum atomic E-state index is 15.1. The lowest BCUT2D eigenvalue weighted by Crippen LogP contribution is -2.35. The first-order valence-corrected chi connectivity index (χ1v) is 11.1. The number of halogens is 2. The molecule has 0 spiro atoms. The summed E-state index contributed by atoms with van der Waals surface area (Å²) in [5, 5.41) is 0.757. The number of nitrogens with zero attached hydrogens (tertiary/aromatic N) is 4. The van der Waals surface area contributed by atoms with Crippen LogP contribution in [-0.4, -0.2) is 40.2 Å². The van der Waals surface area contributed by atoms with Crippen LogP contribution in [0.25, 0.3) is 22.3 Å². The molecule has 1 aromatic carbocycles. The molecule has 1 aliphatic heterocycles. The number of carbonyl (C=O) groups excluding carboxylic acids is 1. The summed E-state index contributed by atoms with van der Waals surface area (Å²) in [7, 11) is 0. The highest BCUT2D eigenvalue weighted by atomic mass is 19.1. The van der Waals surface area contributed by atoms with Gasteiger partial charge >= 0.3 is 5.97 Å². The molecule has 0 unspecified atom stereocenters. The Kier molecular flexibility index (Phi) is 6.39. The Bertz CT molecular complexity index is 1100. The highest BCUT2D eigenvalue weighted by Crippen LogP contribution is 2.34. The van der Waals surface area contributed by atoms with Gasteiger partial charge in [0.25, 0.3) is 0 Å². The van der Waals surface area contributed by atoms with Crippen molar-refractivity contribution in [1.82, 2.24) is 14.5 Å². The maximum absolute atomic E-state index is 15.1. The minimum Gasteiger partial charge on any atom is -0.466 e. The van der Waals surface area contributed by atoms with Crippen LogP contribution < -0.4 is 4.90 Å². The Labute approximate surface area is 186 Å². The molecule has 0 saturated carbocycles. The lowest BCUT2D eigenvalue weighted by Gasteiger charge is -2.33. The molecule has 32 heavy (non-hydrogen) atoms. The molecule has 0 N–H and O–H groups in total. The predicted molar refractivity (Wildman–Crippen MR) is 119 cm³/mol. The van der Waals surface area contributed by atoms with Gasteiger partial charge in [0.1, 0.15) is 29.3 Å². The van der Waals surface area contributed by atoms with Gasteiger partial charge in [-0.1, -0.05) is 0 Å². The topological polar surface area (TPSA) is 60.2 Å². The number of rotatable bonds is 6. The van der Waals surface area contributed by atoms with Crippen LogP contribution in [0.2, 0.25) is 0 Å². The molecule has 8 heteroatoms. The first-order chi connectivity index (χ1) is 15.4. The van der Waals surface area contributed by atoms with E-state index in [0.29, 0.717) is 50.2 Å². The summed E-state index contributed by atoms with van der Waals surface area (Å²) >= 11 is 0. The summed E-state index contributed by atoms with van der Waals surface area (Å²) in [6.07, 6.45) is 5.07. The summed E-state index contributed by atoms with van der Waals surface area (Å²) in [5.74, 6) is -1.26. The standard InChI is InChI=1S/C24H28F2N4O2/c1-4-32-21(31)11-16-5-8-29(9-6-16)23-19(25)12-17(13-20(23)26)22-18-7-10-30(15(2)3)24(18)28-14-27-22/h7,10,12-16H,4-6,8-9,11H2,1-3H3. The number of hydrogen-bond donors (Lipinski definition) is 0. The number of aromatic nitrogens is 3. The zero-order chi connectivity index (χ0) is 22.8. The van der Waals surface area contributed by atoms with Gasteiger partial charge in [-0.3, -0.25) is 4.79 Å². The minimum absolute atomic E-state index is 0.0200. The zero-order valence-electron chi connectivity index (χ0n) is 18.6. The van der Waals surface area contributed by atoms with Crippen LogP contribution in [-0.2, 0) is 9.53 Å². The fourth-order valence-corrected chi connectivity index (χ4v) is 4.44. The lowest BCUT2D eigenvalue weighted by atomic mass is 9.93. The van der Waals surface area contributed by atoms with Gasteiger partial charge in [0, 0.05) is 42.7 Å². The smallest absolute Gasteiger partial charge is 0.306 e. The quantitative estimate of drug-likeness (QED) is 0.496. The number of hydrogen-bond acceptors (Lipinski definition) is 5. The SMILES string of the molecule is CCOC(=O)CC1CCN(c2c(F)cc(-c3ncnc4c3ccn4C(C)C)cc2F)CC1. The van der Waals surface area contributed by atoms with Crippen LogP contribution in [0.4, 0.5) is 14.5 Å². The van der Waals surface area contributed by atoms with Crippen molar-refractivity contribution < 1.29 is 18.3 Å². The zero-order valence-corrected chi connectivity index (χ0v) is 18.6. The Balaban J connectivity index is 1.56. The Morgan fingerprint density at radius 2 is 1.88 bits per heavy atom. The highest BCUT2D eigenvalue weighted by Gasteiger charge is 2.26. The summed E-state index contributed by atoms with van der Waals surface area (Å²) in [6.45, 7) is 7.22. The summed E-state index contributed by atoms with van der Waals surface area (Å²) in [5.41, 5.74) is 1.61. The van der Waals surface area contributed by atoms with E-state index in [-0.39, 0.29) is 23.6 Å². The van der Waals surface area contributed by atoms with Gasteiger partial charge in [0.15, 0.2) is 0 Å². The van der Waals surface area contributed by atoms with Gasteiger partial charge in [-0.05, 0) is 57.7 Å². The van der Waals surface area contributed by atoms with Crippen molar-refractivity contribution in [3.8, 4) is 11.3 Å². The van der Waals surface area contributed by atoms with Gasteiger partial charge in [0.05, 0.1) is 12.3 Å². The van der Waals surface area contributed by atoms with Crippen molar-refractivity contribution >= 4 is 22.7 Å². The third-order valence-electron chi connectivity index (χ3n) is 6.05. The number of esters is 1. The molecule has 0 radical (unpaired) electrons. The lowest BCUT2D eigenvalue weighted by molar-refractivity contribution is -0.144. The second-order valence-corrected chi connectivity index (χ2v) is 8.50. The van der Waals surface area contributed by atoms with Crippen LogP contribution in [0, 0.1) is 17.6 Å². The summed E-state index contributed by atoms with van der Waals surface area (Å²) in [6, 6.07) is 4.77. The number of fused-ring (bicyclic) bond motifs is 1. The van der Waals surface area contributed by atoms with E-state index in [0.717, 1.165) is 11.0 Å². The van der Waals surface area contributed by atoms with Crippen LogP contribution in [0.1, 0.15) is 46.1 Å². The average Bonchev–Trinajstić information content (AvgIpc) is 3.19. The van der Waals surface area contributed by atoms with Crippen LogP contribution in [0.5, 0.6) is 0 Å². The molecule has 0 bridgehead atoms. The normalized spacial score (nSPS) is 15.0. The maximum Gasteiger partial charge on any atom is 0.306 e. The van der Waals surface area contributed by atoms with E-state index >= 15 is 8.78 Å². The number of ether oxygens (including phenoxy) is 1. The van der Waals surface area contributed by atoms with E-state index in [4.69, 9.17) is 4.74 Å². The van der Waals surface area contributed by atoms with Crippen molar-refractivity contribution in [2.75, 3.05) is 24.6 Å². The molecule has 3 aromatic rings. The largest absolute Gasteiger partial charge is 0.466 e. The van der Waals surface area contributed by atoms with E-state index < -0.39 is 11.6 Å². The third kappa shape index (κ3) is 4.31. The molecule has 3 heterocycles. The molecule has 1 fully saturated rings. The number of anilines is 1. The van der Waals surface area contributed by atoms with Gasteiger partial charge in [-0.2, -0.15) is 0 Å². The number of benzene rings is 1. The predicted octanol–water partition coefficient (Wildman–Crippen LogP) is 5.13. The number of carbonyl (C=O) groups is 1. The summed E-state index contributed by atoms with van der Waals surface area (Å²) in [4.78, 5) is 22.1. The molecule has 170 valence electrons. The van der Waals surface area contributed by atoms with Gasteiger partial charge in [0.2, 0.25) is 0 Å². The molecule has 4 rings (SSSR count). The average molecular weight is 443 g/mol. The summed E-state index contributed by atoms with van der Waals surface area (Å²) < 4.78 is 37.2. The molecule has 6 nitrogen and oxygen atoms in total. The first kappa shape index (κ1) is 22.2. The highest BCUT2D eigenvalue weighted by molar-refractivity contribution is 5.91. The Morgan fingerprint density at radius 3 is 2.50 bits per heavy atom. The molecular formula is C24H28F2N4O2. The monoisotopic (exact) mass is 442 g/mol. The van der Waals surface area contributed by atoms with Crippen molar-refractivity contribution in [3.05, 3.63) is 42.4 Å². The second kappa shape index (κ2) is 9.22. The van der Waals surface area contributed by atoms with Crippen molar-refractivity contribution in [2.45, 2.75) is 46.1 Å². The fraction of sp³-hybridized carbons (Fsp3) is 0.458. The van der Waals surface area contributed by atoms with Crippen molar-refractivity contribution in [3.63, 3.8) is 0 Å². The van der Waals surface area contributed by atoms with E-state index in [2.05, 4.69) is 9.97 Å². The third-order valence-corrected chi connectivity index (χ3v) is 6.05. The van der Waals surface area contributed by atoms with E-state index in [1.54, 1.807) is 11.8 Å².